The second kappa shape index (κ2) is 11.3. The van der Waals surface area contributed by atoms with E-state index in [1.54, 1.807) is 31.4 Å². The van der Waals surface area contributed by atoms with Gasteiger partial charge in [0.25, 0.3) is 0 Å². The lowest BCUT2D eigenvalue weighted by Crippen LogP contribution is -2.28. The molecule has 3 amide bonds. The Morgan fingerprint density at radius 3 is 2.28 bits per heavy atom. The molecule has 36 heavy (non-hydrogen) atoms. The van der Waals surface area contributed by atoms with Crippen molar-refractivity contribution in [1.82, 2.24) is 5.01 Å². The highest BCUT2D eigenvalue weighted by atomic mass is 16.5. The van der Waals surface area contributed by atoms with Crippen LogP contribution in [0.3, 0.4) is 0 Å². The van der Waals surface area contributed by atoms with E-state index in [9.17, 15) is 14.4 Å². The highest BCUT2D eigenvalue weighted by molar-refractivity contribution is 6.03. The number of carbonyl (C=O) groups is 3. The quantitative estimate of drug-likeness (QED) is 0.482. The molecule has 1 unspecified atom stereocenters. The van der Waals surface area contributed by atoms with Gasteiger partial charge in [0.1, 0.15) is 5.75 Å². The van der Waals surface area contributed by atoms with Crippen LogP contribution < -0.4 is 15.4 Å². The fourth-order valence-electron chi connectivity index (χ4n) is 4.07. The van der Waals surface area contributed by atoms with Crippen molar-refractivity contribution in [2.45, 2.75) is 32.2 Å². The zero-order valence-corrected chi connectivity index (χ0v) is 20.2. The largest absolute Gasteiger partial charge is 0.497 e. The summed E-state index contributed by atoms with van der Waals surface area (Å²) in [6.45, 7) is 1.42. The van der Waals surface area contributed by atoms with Gasteiger partial charge in [0.15, 0.2) is 0 Å². The average Bonchev–Trinajstić information content (AvgIpc) is 3.33. The van der Waals surface area contributed by atoms with Gasteiger partial charge in [-0.25, -0.2) is 5.01 Å². The maximum absolute atomic E-state index is 13.2. The summed E-state index contributed by atoms with van der Waals surface area (Å²) >= 11 is 0. The van der Waals surface area contributed by atoms with E-state index < -0.39 is 0 Å². The summed E-state index contributed by atoms with van der Waals surface area (Å²) in [6.07, 6.45) is 0.588. The summed E-state index contributed by atoms with van der Waals surface area (Å²) in [5, 5.41) is 11.6. The topological polar surface area (TPSA) is 100 Å². The number of amides is 3. The van der Waals surface area contributed by atoms with Crippen molar-refractivity contribution in [3.8, 4) is 5.75 Å². The van der Waals surface area contributed by atoms with Crippen molar-refractivity contribution in [3.05, 3.63) is 90.0 Å². The van der Waals surface area contributed by atoms with Crippen LogP contribution in [0.1, 0.15) is 43.4 Å². The molecule has 1 aliphatic rings. The monoisotopic (exact) mass is 484 g/mol. The standard InChI is InChI=1S/C28H28N4O4/c1-19(33)29-22-9-6-10-23(17-22)30-27(34)15-16-28(35)32-26(21-11-13-24(36-2)14-12-21)18-25(31-32)20-7-4-3-5-8-20/h3-14,17,26H,15-16,18H2,1-2H3,(H,29,33)(H,30,34). The molecule has 0 bridgehead atoms. The Bertz CT molecular complexity index is 1270. The zero-order chi connectivity index (χ0) is 25.5. The van der Waals surface area contributed by atoms with E-state index in [4.69, 9.17) is 4.74 Å². The smallest absolute Gasteiger partial charge is 0.243 e. The molecule has 0 aromatic heterocycles. The maximum atomic E-state index is 13.2. The van der Waals surface area contributed by atoms with E-state index in [2.05, 4.69) is 15.7 Å². The van der Waals surface area contributed by atoms with E-state index in [0.29, 0.717) is 17.8 Å². The molecule has 2 N–H and O–H groups in total. The average molecular weight is 485 g/mol. The molecule has 0 fully saturated rings. The van der Waals surface area contributed by atoms with Crippen molar-refractivity contribution >= 4 is 34.8 Å². The molecule has 0 aliphatic carbocycles. The Labute approximate surface area is 210 Å². The minimum absolute atomic E-state index is 0.00518. The third-order valence-electron chi connectivity index (χ3n) is 5.81. The third kappa shape index (κ3) is 6.15. The molecular weight excluding hydrogens is 456 g/mol. The van der Waals surface area contributed by atoms with Gasteiger partial charge in [-0.15, -0.1) is 0 Å². The Hall–Kier alpha value is -4.46. The Morgan fingerprint density at radius 2 is 1.61 bits per heavy atom. The van der Waals surface area contributed by atoms with Crippen LogP contribution >= 0.6 is 0 Å². The van der Waals surface area contributed by atoms with Crippen molar-refractivity contribution in [1.29, 1.82) is 0 Å². The van der Waals surface area contributed by atoms with Gasteiger partial charge in [-0.05, 0) is 41.5 Å². The van der Waals surface area contributed by atoms with Gasteiger partial charge in [0, 0.05) is 37.6 Å². The number of hydrogen-bond donors (Lipinski definition) is 2. The first kappa shape index (κ1) is 24.7. The van der Waals surface area contributed by atoms with E-state index in [1.807, 2.05) is 54.6 Å². The Balaban J connectivity index is 1.45. The minimum atomic E-state index is -0.296. The second-order valence-electron chi connectivity index (χ2n) is 8.45. The molecule has 0 spiro atoms. The fourth-order valence-corrected chi connectivity index (χ4v) is 4.07. The molecular formula is C28H28N4O4. The molecule has 8 heteroatoms. The molecule has 1 heterocycles. The van der Waals surface area contributed by atoms with Crippen LogP contribution in [0.2, 0.25) is 0 Å². The van der Waals surface area contributed by atoms with Gasteiger partial charge in [-0.2, -0.15) is 5.10 Å². The lowest BCUT2D eigenvalue weighted by molar-refractivity contribution is -0.134. The van der Waals surface area contributed by atoms with Crippen LogP contribution in [0.4, 0.5) is 11.4 Å². The lowest BCUT2D eigenvalue weighted by Gasteiger charge is -2.22. The number of ether oxygens (including phenoxy) is 1. The molecule has 0 saturated carbocycles. The summed E-state index contributed by atoms with van der Waals surface area (Å²) in [5.41, 5.74) is 3.85. The molecule has 184 valence electrons. The Kier molecular flexibility index (Phi) is 7.75. The predicted molar refractivity (Wildman–Crippen MR) is 139 cm³/mol. The van der Waals surface area contributed by atoms with Gasteiger partial charge in [-0.3, -0.25) is 14.4 Å². The maximum Gasteiger partial charge on any atom is 0.243 e. The first-order valence-electron chi connectivity index (χ1n) is 11.7. The van der Waals surface area contributed by atoms with Gasteiger partial charge >= 0.3 is 0 Å². The van der Waals surface area contributed by atoms with Crippen LogP contribution in [0, 0.1) is 0 Å². The molecule has 3 aromatic rings. The van der Waals surface area contributed by atoms with Crippen LogP contribution in [0.5, 0.6) is 5.75 Å². The van der Waals surface area contributed by atoms with Gasteiger partial charge in [-0.1, -0.05) is 48.5 Å². The van der Waals surface area contributed by atoms with Gasteiger partial charge in [0.05, 0.1) is 18.9 Å². The third-order valence-corrected chi connectivity index (χ3v) is 5.81. The number of benzene rings is 3. The fraction of sp³-hybridized carbons (Fsp3) is 0.214. The number of carbonyl (C=O) groups excluding carboxylic acids is 3. The van der Waals surface area contributed by atoms with E-state index in [0.717, 1.165) is 22.6 Å². The van der Waals surface area contributed by atoms with Crippen LogP contribution in [-0.2, 0) is 14.4 Å². The summed E-state index contributed by atoms with van der Waals surface area (Å²) in [4.78, 5) is 37.0. The lowest BCUT2D eigenvalue weighted by atomic mass is 9.98. The van der Waals surface area contributed by atoms with Gasteiger partial charge in [0.2, 0.25) is 17.7 Å². The van der Waals surface area contributed by atoms with Gasteiger partial charge < -0.3 is 15.4 Å². The summed E-state index contributed by atoms with van der Waals surface area (Å²) < 4.78 is 5.26. The summed E-state index contributed by atoms with van der Waals surface area (Å²) in [5.74, 6) is 0.00859. The minimum Gasteiger partial charge on any atom is -0.497 e. The SMILES string of the molecule is COc1ccc(C2CC(c3ccccc3)=NN2C(=O)CCC(=O)Nc2cccc(NC(C)=O)c2)cc1. The molecule has 0 radical (unpaired) electrons. The molecule has 0 saturated heterocycles. The van der Waals surface area contributed by atoms with Crippen LogP contribution in [-0.4, -0.2) is 35.6 Å². The Morgan fingerprint density at radius 1 is 0.917 bits per heavy atom. The summed E-state index contributed by atoms with van der Waals surface area (Å²) in [6, 6.07) is 23.9. The van der Waals surface area contributed by atoms with Crippen molar-refractivity contribution < 1.29 is 19.1 Å². The van der Waals surface area contributed by atoms with Crippen molar-refractivity contribution in [3.63, 3.8) is 0 Å². The van der Waals surface area contributed by atoms with Crippen LogP contribution in [0.15, 0.2) is 84.0 Å². The zero-order valence-electron chi connectivity index (χ0n) is 20.2. The van der Waals surface area contributed by atoms with Crippen molar-refractivity contribution in [2.75, 3.05) is 17.7 Å². The highest BCUT2D eigenvalue weighted by Crippen LogP contribution is 2.34. The number of rotatable bonds is 8. The highest BCUT2D eigenvalue weighted by Gasteiger charge is 2.33. The first-order chi connectivity index (χ1) is 17.4. The van der Waals surface area contributed by atoms with Crippen molar-refractivity contribution in [2.24, 2.45) is 5.10 Å². The number of nitrogens with one attached hydrogen (secondary N) is 2. The summed E-state index contributed by atoms with van der Waals surface area (Å²) in [7, 11) is 1.61. The number of hydrazone groups is 1. The first-order valence-corrected chi connectivity index (χ1v) is 11.7. The second-order valence-corrected chi connectivity index (χ2v) is 8.45. The van der Waals surface area contributed by atoms with Crippen LogP contribution in [0.25, 0.3) is 0 Å². The molecule has 8 nitrogen and oxygen atoms in total. The predicted octanol–water partition coefficient (Wildman–Crippen LogP) is 4.75. The normalized spacial score (nSPS) is 14.7. The number of nitrogens with zero attached hydrogens (tertiary/aromatic N) is 2. The van der Waals surface area contributed by atoms with E-state index in [-0.39, 0.29) is 36.6 Å². The molecule has 4 rings (SSSR count). The number of anilines is 2. The molecule has 3 aromatic carbocycles. The number of methoxy groups -OCH3 is 1. The molecule has 1 aliphatic heterocycles. The van der Waals surface area contributed by atoms with E-state index in [1.165, 1.54) is 11.9 Å². The van der Waals surface area contributed by atoms with E-state index >= 15 is 0 Å². The molecule has 1 atom stereocenters. The number of hydrogen-bond acceptors (Lipinski definition) is 5.